The first-order valence-electron chi connectivity index (χ1n) is 7.75. The van der Waals surface area contributed by atoms with Crippen molar-refractivity contribution in [1.82, 2.24) is 9.80 Å². The predicted octanol–water partition coefficient (Wildman–Crippen LogP) is 2.67. The summed E-state index contributed by atoms with van der Waals surface area (Å²) in [5, 5.41) is 12.2. The molecule has 4 rings (SSSR count). The highest BCUT2D eigenvalue weighted by Gasteiger charge is 2.46. The average molecular weight is 325 g/mol. The maximum absolute atomic E-state index is 11.2. The number of amidine groups is 1. The molecule has 5 heteroatoms. The molecule has 2 aliphatic rings. The number of aliphatic hydroxyl groups is 1. The minimum Gasteiger partial charge on any atom is -0.366 e. The zero-order valence-electron chi connectivity index (χ0n) is 12.8. The van der Waals surface area contributed by atoms with E-state index in [1.54, 1.807) is 11.8 Å². The minimum atomic E-state index is -0.972. The van der Waals surface area contributed by atoms with Gasteiger partial charge in [0.05, 0.1) is 19.1 Å². The summed E-state index contributed by atoms with van der Waals surface area (Å²) >= 11 is 1.64. The van der Waals surface area contributed by atoms with E-state index in [0.29, 0.717) is 19.1 Å². The molecular formula is C18H19N3OS. The summed E-state index contributed by atoms with van der Waals surface area (Å²) in [7, 11) is 0. The number of thioether (sulfide) groups is 1. The van der Waals surface area contributed by atoms with Crippen molar-refractivity contribution < 1.29 is 5.11 Å². The van der Waals surface area contributed by atoms with E-state index in [9.17, 15) is 5.11 Å². The van der Waals surface area contributed by atoms with E-state index in [1.165, 1.54) is 5.56 Å². The number of rotatable bonds is 3. The Labute approximate surface area is 140 Å². The maximum atomic E-state index is 11.2. The summed E-state index contributed by atoms with van der Waals surface area (Å²) in [5.41, 5.74) is 1.22. The normalized spacial score (nSPS) is 24.4. The van der Waals surface area contributed by atoms with E-state index < -0.39 is 5.72 Å². The number of fused-ring (bicyclic) bond motifs is 1. The van der Waals surface area contributed by atoms with Crippen molar-refractivity contribution in [3.8, 4) is 0 Å². The first kappa shape index (κ1) is 14.8. The molecule has 1 N–H and O–H groups in total. The van der Waals surface area contributed by atoms with Gasteiger partial charge in [0.2, 0.25) is 0 Å². The van der Waals surface area contributed by atoms with Gasteiger partial charge in [-0.05, 0) is 5.56 Å². The summed E-state index contributed by atoms with van der Waals surface area (Å²) in [5.74, 6) is 0.620. The largest absolute Gasteiger partial charge is 0.366 e. The van der Waals surface area contributed by atoms with E-state index in [0.717, 1.165) is 17.3 Å². The van der Waals surface area contributed by atoms with Crippen LogP contribution >= 0.6 is 11.8 Å². The van der Waals surface area contributed by atoms with Crippen molar-refractivity contribution in [1.29, 1.82) is 0 Å². The highest BCUT2D eigenvalue weighted by atomic mass is 32.2. The topological polar surface area (TPSA) is 39.1 Å². The Bertz CT molecular complexity index is 707. The fourth-order valence-electron chi connectivity index (χ4n) is 3.08. The van der Waals surface area contributed by atoms with Gasteiger partial charge < -0.3 is 10.0 Å². The standard InChI is InChI=1S/C18H19N3OS/c22-18(16-9-5-2-6-10-16)12-23-17-19-13-20(14-21(17)18)11-15-7-3-1-4-8-15/h1-10,22H,11-14H2. The zero-order valence-corrected chi connectivity index (χ0v) is 13.6. The van der Waals surface area contributed by atoms with Gasteiger partial charge in [0.1, 0.15) is 0 Å². The highest BCUT2D eigenvalue weighted by Crippen LogP contribution is 2.40. The molecule has 1 fully saturated rings. The smallest absolute Gasteiger partial charge is 0.176 e. The van der Waals surface area contributed by atoms with Gasteiger partial charge in [-0.2, -0.15) is 0 Å². The zero-order chi connectivity index (χ0) is 15.7. The second-order valence-electron chi connectivity index (χ2n) is 5.94. The molecule has 0 amide bonds. The first-order valence-corrected chi connectivity index (χ1v) is 8.73. The van der Waals surface area contributed by atoms with Crippen molar-refractivity contribution in [3.05, 3.63) is 71.8 Å². The molecule has 1 unspecified atom stereocenters. The fourth-order valence-corrected chi connectivity index (χ4v) is 4.25. The van der Waals surface area contributed by atoms with E-state index in [-0.39, 0.29) is 0 Å². The Morgan fingerprint density at radius 2 is 1.74 bits per heavy atom. The van der Waals surface area contributed by atoms with Gasteiger partial charge in [-0.25, -0.2) is 4.99 Å². The van der Waals surface area contributed by atoms with Gasteiger partial charge in [-0.15, -0.1) is 0 Å². The highest BCUT2D eigenvalue weighted by molar-refractivity contribution is 8.14. The Kier molecular flexibility index (Phi) is 3.85. The van der Waals surface area contributed by atoms with Crippen molar-refractivity contribution >= 4 is 16.9 Å². The molecule has 0 aliphatic carbocycles. The van der Waals surface area contributed by atoms with Crippen LogP contribution in [-0.4, -0.2) is 39.2 Å². The molecule has 2 heterocycles. The van der Waals surface area contributed by atoms with E-state index in [4.69, 9.17) is 0 Å². The van der Waals surface area contributed by atoms with Crippen LogP contribution in [0.3, 0.4) is 0 Å². The lowest BCUT2D eigenvalue weighted by atomic mass is 10.0. The fraction of sp³-hybridized carbons (Fsp3) is 0.278. The average Bonchev–Trinajstić information content (AvgIpc) is 2.95. The van der Waals surface area contributed by atoms with Crippen LogP contribution in [0.25, 0.3) is 0 Å². The Morgan fingerprint density at radius 1 is 1.04 bits per heavy atom. The Hall–Kier alpha value is -1.82. The SMILES string of the molecule is OC1(c2ccccc2)CSC2=NCN(Cc3ccccc3)CN21. The molecule has 2 aromatic rings. The van der Waals surface area contributed by atoms with Crippen LogP contribution in [0.2, 0.25) is 0 Å². The molecule has 2 aromatic carbocycles. The minimum absolute atomic E-state index is 0.620. The Balaban J connectivity index is 1.57. The van der Waals surface area contributed by atoms with Gasteiger partial charge in [0, 0.05) is 12.1 Å². The Morgan fingerprint density at radius 3 is 2.48 bits per heavy atom. The van der Waals surface area contributed by atoms with Gasteiger partial charge in [-0.3, -0.25) is 4.90 Å². The molecule has 0 bridgehead atoms. The second-order valence-corrected chi connectivity index (χ2v) is 6.88. The van der Waals surface area contributed by atoms with Crippen LogP contribution in [0, 0.1) is 0 Å². The van der Waals surface area contributed by atoms with Crippen molar-refractivity contribution in [2.24, 2.45) is 4.99 Å². The lowest BCUT2D eigenvalue weighted by Gasteiger charge is -2.40. The van der Waals surface area contributed by atoms with Crippen molar-refractivity contribution in [3.63, 3.8) is 0 Å². The molecular weight excluding hydrogens is 306 g/mol. The van der Waals surface area contributed by atoms with Crippen LogP contribution in [0.5, 0.6) is 0 Å². The maximum Gasteiger partial charge on any atom is 0.176 e. The number of hydrogen-bond acceptors (Lipinski definition) is 5. The molecule has 0 aromatic heterocycles. The van der Waals surface area contributed by atoms with Crippen LogP contribution in [0.1, 0.15) is 11.1 Å². The van der Waals surface area contributed by atoms with Crippen molar-refractivity contribution in [2.75, 3.05) is 19.1 Å². The number of benzene rings is 2. The molecule has 0 radical (unpaired) electrons. The molecule has 0 spiro atoms. The molecule has 118 valence electrons. The quantitative estimate of drug-likeness (QED) is 0.942. The van der Waals surface area contributed by atoms with Gasteiger partial charge >= 0.3 is 0 Å². The molecule has 1 atom stereocenters. The summed E-state index contributed by atoms with van der Waals surface area (Å²) < 4.78 is 0. The summed E-state index contributed by atoms with van der Waals surface area (Å²) in [6, 6.07) is 20.3. The summed E-state index contributed by atoms with van der Waals surface area (Å²) in [4.78, 5) is 8.94. The summed E-state index contributed by atoms with van der Waals surface area (Å²) in [6.07, 6.45) is 0. The third-order valence-corrected chi connectivity index (χ3v) is 5.47. The predicted molar refractivity (Wildman–Crippen MR) is 93.8 cm³/mol. The van der Waals surface area contributed by atoms with E-state index in [2.05, 4.69) is 34.2 Å². The number of nitrogens with zero attached hydrogens (tertiary/aromatic N) is 3. The summed E-state index contributed by atoms with van der Waals surface area (Å²) in [6.45, 7) is 2.20. The van der Waals surface area contributed by atoms with Gasteiger partial charge in [0.25, 0.3) is 0 Å². The van der Waals surface area contributed by atoms with Crippen LogP contribution in [0.15, 0.2) is 65.7 Å². The lowest BCUT2D eigenvalue weighted by Crippen LogP contribution is -2.52. The monoisotopic (exact) mass is 325 g/mol. The molecule has 0 saturated carbocycles. The van der Waals surface area contributed by atoms with Crippen LogP contribution in [-0.2, 0) is 12.3 Å². The van der Waals surface area contributed by atoms with Crippen molar-refractivity contribution in [2.45, 2.75) is 12.3 Å². The van der Waals surface area contributed by atoms with E-state index >= 15 is 0 Å². The van der Waals surface area contributed by atoms with Crippen LogP contribution in [0.4, 0.5) is 0 Å². The van der Waals surface area contributed by atoms with E-state index in [1.807, 2.05) is 41.3 Å². The number of hydrogen-bond donors (Lipinski definition) is 1. The molecule has 23 heavy (non-hydrogen) atoms. The van der Waals surface area contributed by atoms with Gasteiger partial charge in [-0.1, -0.05) is 72.4 Å². The number of aliphatic imine (C=N–C) groups is 1. The first-order chi connectivity index (χ1) is 11.3. The third-order valence-electron chi connectivity index (χ3n) is 4.31. The lowest BCUT2D eigenvalue weighted by molar-refractivity contribution is -0.0747. The van der Waals surface area contributed by atoms with Gasteiger partial charge in [0.15, 0.2) is 10.9 Å². The molecule has 1 saturated heterocycles. The van der Waals surface area contributed by atoms with Crippen LogP contribution < -0.4 is 0 Å². The molecule has 2 aliphatic heterocycles. The molecule has 4 nitrogen and oxygen atoms in total. The third kappa shape index (κ3) is 2.76. The second kappa shape index (κ2) is 6.00.